The zero-order valence-electron chi connectivity index (χ0n) is 20.7. The van der Waals surface area contributed by atoms with Gasteiger partial charge in [-0.05, 0) is 48.2 Å². The molecule has 7 heteroatoms. The van der Waals surface area contributed by atoms with E-state index in [2.05, 4.69) is 5.32 Å². The molecule has 3 aromatic rings. The van der Waals surface area contributed by atoms with Gasteiger partial charge in [-0.1, -0.05) is 97.1 Å². The Morgan fingerprint density at radius 1 is 0.892 bits per heavy atom. The molecule has 0 heterocycles. The highest BCUT2D eigenvalue weighted by Gasteiger charge is 2.32. The summed E-state index contributed by atoms with van der Waals surface area (Å²) in [5, 5.41) is 4.23. The van der Waals surface area contributed by atoms with Crippen LogP contribution in [0.2, 0.25) is 10.0 Å². The smallest absolute Gasteiger partial charge is 0.261 e. The number of rotatable bonds is 10. The van der Waals surface area contributed by atoms with Crippen LogP contribution in [0.1, 0.15) is 43.2 Å². The van der Waals surface area contributed by atoms with Gasteiger partial charge in [0.05, 0.1) is 5.02 Å². The van der Waals surface area contributed by atoms with Crippen LogP contribution in [0.3, 0.4) is 0 Å². The molecule has 0 saturated heterocycles. The summed E-state index contributed by atoms with van der Waals surface area (Å²) in [6.45, 7) is -0.0207. The standard InChI is InChI=1S/C30H32Cl2N2O3/c31-24-13-9-12-23(18-24)20-34(29(35)21-37-28-17-8-7-16-26(28)32)27(19-22-10-3-1-4-11-22)30(36)33-25-14-5-2-6-15-25/h1,3-4,7-13,16-18,25,27H,2,5-6,14-15,19-21H2,(H,33,36)/t27-/m1/s1. The van der Waals surface area contributed by atoms with Crippen LogP contribution in [-0.4, -0.2) is 35.4 Å². The molecule has 0 spiro atoms. The molecule has 4 rings (SSSR count). The molecule has 0 unspecified atom stereocenters. The number of ether oxygens (including phenoxy) is 1. The molecule has 194 valence electrons. The van der Waals surface area contributed by atoms with E-state index in [-0.39, 0.29) is 31.0 Å². The van der Waals surface area contributed by atoms with E-state index in [0.717, 1.165) is 36.8 Å². The van der Waals surface area contributed by atoms with Crippen molar-refractivity contribution in [2.75, 3.05) is 6.61 Å². The largest absolute Gasteiger partial charge is 0.482 e. The first-order valence-electron chi connectivity index (χ1n) is 12.7. The van der Waals surface area contributed by atoms with Crippen LogP contribution in [0, 0.1) is 0 Å². The summed E-state index contributed by atoms with van der Waals surface area (Å²) in [7, 11) is 0. The number of nitrogens with zero attached hydrogens (tertiary/aromatic N) is 1. The summed E-state index contributed by atoms with van der Waals surface area (Å²) < 4.78 is 5.79. The SMILES string of the molecule is O=C(NC1CCCCC1)[C@@H](Cc1ccccc1)N(Cc1cccc(Cl)c1)C(=O)COc1ccccc1Cl. The van der Waals surface area contributed by atoms with E-state index >= 15 is 0 Å². The van der Waals surface area contributed by atoms with Gasteiger partial charge in [0.1, 0.15) is 11.8 Å². The number of carbonyl (C=O) groups is 2. The number of amides is 2. The molecule has 37 heavy (non-hydrogen) atoms. The Morgan fingerprint density at radius 3 is 2.32 bits per heavy atom. The van der Waals surface area contributed by atoms with Gasteiger partial charge in [-0.25, -0.2) is 0 Å². The predicted molar refractivity (Wildman–Crippen MR) is 148 cm³/mol. The van der Waals surface area contributed by atoms with Crippen LogP contribution in [0.25, 0.3) is 0 Å². The summed E-state index contributed by atoms with van der Waals surface area (Å²) >= 11 is 12.5. The quantitative estimate of drug-likeness (QED) is 0.322. The van der Waals surface area contributed by atoms with Gasteiger partial charge < -0.3 is 15.0 Å². The summed E-state index contributed by atoms with van der Waals surface area (Å²) in [6.07, 6.45) is 5.70. The van der Waals surface area contributed by atoms with Gasteiger partial charge >= 0.3 is 0 Å². The molecule has 1 atom stereocenters. The molecule has 0 bridgehead atoms. The van der Waals surface area contributed by atoms with E-state index in [1.165, 1.54) is 6.42 Å². The van der Waals surface area contributed by atoms with Crippen molar-refractivity contribution in [1.82, 2.24) is 10.2 Å². The van der Waals surface area contributed by atoms with Crippen LogP contribution in [0.5, 0.6) is 5.75 Å². The van der Waals surface area contributed by atoms with Crippen LogP contribution in [0.4, 0.5) is 0 Å². The number of nitrogens with one attached hydrogen (secondary N) is 1. The maximum absolute atomic E-state index is 13.8. The third-order valence-corrected chi connectivity index (χ3v) is 7.20. The van der Waals surface area contributed by atoms with Crippen molar-refractivity contribution in [2.45, 2.75) is 57.2 Å². The Kier molecular flexibility index (Phi) is 9.86. The Balaban J connectivity index is 1.62. The van der Waals surface area contributed by atoms with Crippen molar-refractivity contribution in [3.63, 3.8) is 0 Å². The fourth-order valence-electron chi connectivity index (χ4n) is 4.71. The first-order valence-corrected chi connectivity index (χ1v) is 13.5. The molecular formula is C30H32Cl2N2O3. The second kappa shape index (κ2) is 13.5. The molecule has 0 aliphatic heterocycles. The highest BCUT2D eigenvalue weighted by Crippen LogP contribution is 2.24. The lowest BCUT2D eigenvalue weighted by molar-refractivity contribution is -0.143. The lowest BCUT2D eigenvalue weighted by Gasteiger charge is -2.33. The van der Waals surface area contributed by atoms with E-state index in [1.807, 2.05) is 48.5 Å². The van der Waals surface area contributed by atoms with Gasteiger partial charge in [0, 0.05) is 24.0 Å². The lowest BCUT2D eigenvalue weighted by atomic mass is 9.94. The summed E-state index contributed by atoms with van der Waals surface area (Å²) in [4.78, 5) is 29.0. The van der Waals surface area contributed by atoms with Crippen LogP contribution >= 0.6 is 23.2 Å². The van der Waals surface area contributed by atoms with E-state index in [9.17, 15) is 9.59 Å². The van der Waals surface area contributed by atoms with Crippen molar-refractivity contribution in [1.29, 1.82) is 0 Å². The van der Waals surface area contributed by atoms with Crippen molar-refractivity contribution in [2.24, 2.45) is 0 Å². The minimum absolute atomic E-state index is 0.127. The number of halogens is 2. The highest BCUT2D eigenvalue weighted by atomic mass is 35.5. The number of carbonyl (C=O) groups excluding carboxylic acids is 2. The molecule has 3 aromatic carbocycles. The zero-order valence-corrected chi connectivity index (χ0v) is 22.3. The van der Waals surface area contributed by atoms with Gasteiger partial charge in [-0.3, -0.25) is 9.59 Å². The van der Waals surface area contributed by atoms with E-state index in [1.54, 1.807) is 35.2 Å². The minimum atomic E-state index is -0.717. The molecule has 1 saturated carbocycles. The molecule has 5 nitrogen and oxygen atoms in total. The summed E-state index contributed by atoms with van der Waals surface area (Å²) in [5.41, 5.74) is 1.81. The Labute approximate surface area is 228 Å². The maximum atomic E-state index is 13.8. The molecule has 2 amide bonds. The number of hydrogen-bond acceptors (Lipinski definition) is 3. The van der Waals surface area contributed by atoms with Gasteiger partial charge in [-0.15, -0.1) is 0 Å². The average molecular weight is 540 g/mol. The molecular weight excluding hydrogens is 507 g/mol. The van der Waals surface area contributed by atoms with Crippen LogP contribution < -0.4 is 10.1 Å². The number of para-hydroxylation sites is 1. The summed E-state index contributed by atoms with van der Waals surface area (Å²) in [6, 6.07) is 23.5. The monoisotopic (exact) mass is 538 g/mol. The fraction of sp³-hybridized carbons (Fsp3) is 0.333. The number of benzene rings is 3. The van der Waals surface area contributed by atoms with Crippen LogP contribution in [0.15, 0.2) is 78.9 Å². The van der Waals surface area contributed by atoms with Crippen molar-refractivity contribution < 1.29 is 14.3 Å². The van der Waals surface area contributed by atoms with Crippen molar-refractivity contribution in [3.8, 4) is 5.75 Å². The van der Waals surface area contributed by atoms with Gasteiger partial charge in [0.15, 0.2) is 6.61 Å². The molecule has 1 fully saturated rings. The van der Waals surface area contributed by atoms with Gasteiger partial charge in [0.2, 0.25) is 5.91 Å². The van der Waals surface area contributed by atoms with Crippen LogP contribution in [-0.2, 0) is 22.6 Å². The first kappa shape index (κ1) is 27.0. The third kappa shape index (κ3) is 7.98. The summed E-state index contributed by atoms with van der Waals surface area (Å²) in [5.74, 6) is -0.0324. The van der Waals surface area contributed by atoms with Gasteiger partial charge in [0.25, 0.3) is 5.91 Å². The van der Waals surface area contributed by atoms with E-state index < -0.39 is 6.04 Å². The fourth-order valence-corrected chi connectivity index (χ4v) is 5.12. The Bertz CT molecular complexity index is 1180. The van der Waals surface area contributed by atoms with Crippen molar-refractivity contribution >= 4 is 35.0 Å². The molecule has 1 N–H and O–H groups in total. The van der Waals surface area contributed by atoms with Gasteiger partial charge in [-0.2, -0.15) is 0 Å². The Hall–Kier alpha value is -3.02. The molecule has 0 aromatic heterocycles. The van der Waals surface area contributed by atoms with Crippen molar-refractivity contribution in [3.05, 3.63) is 100 Å². The second-order valence-corrected chi connectivity index (χ2v) is 10.3. The predicted octanol–water partition coefficient (Wildman–Crippen LogP) is 6.46. The topological polar surface area (TPSA) is 58.6 Å². The number of hydrogen-bond donors (Lipinski definition) is 1. The molecule has 1 aliphatic rings. The minimum Gasteiger partial charge on any atom is -0.482 e. The zero-order chi connectivity index (χ0) is 26.0. The second-order valence-electron chi connectivity index (χ2n) is 9.42. The lowest BCUT2D eigenvalue weighted by Crippen LogP contribution is -2.53. The van der Waals surface area contributed by atoms with E-state index in [4.69, 9.17) is 27.9 Å². The highest BCUT2D eigenvalue weighted by molar-refractivity contribution is 6.32. The molecule has 1 aliphatic carbocycles. The maximum Gasteiger partial charge on any atom is 0.261 e. The van der Waals surface area contributed by atoms with E-state index in [0.29, 0.717) is 22.2 Å². The third-order valence-electron chi connectivity index (χ3n) is 6.65. The molecule has 0 radical (unpaired) electrons. The normalized spacial score (nSPS) is 14.5. The Morgan fingerprint density at radius 2 is 1.59 bits per heavy atom. The first-order chi connectivity index (χ1) is 18.0. The average Bonchev–Trinajstić information content (AvgIpc) is 2.91.